The van der Waals surface area contributed by atoms with Crippen molar-refractivity contribution >= 4 is 22.9 Å². The maximum Gasteiger partial charge on any atom is 0.238 e. The Balaban J connectivity index is 1.78. The van der Waals surface area contributed by atoms with Gasteiger partial charge in [-0.25, -0.2) is 0 Å². The monoisotopic (exact) mass is 290 g/mol. The van der Waals surface area contributed by atoms with E-state index in [2.05, 4.69) is 10.2 Å². The molecule has 0 bridgehead atoms. The fraction of sp³-hybridized carbons (Fsp3) is 0.143. The van der Waals surface area contributed by atoms with Crippen LogP contribution < -0.4 is 0 Å². The number of nitrogens with zero attached hydrogens (tertiary/aromatic N) is 2. The number of thiophene rings is 1. The average Bonchev–Trinajstić information content (AvgIpc) is 3.11. The second-order valence-corrected chi connectivity index (χ2v) is 5.53. The lowest BCUT2D eigenvalue weighted by molar-refractivity contribution is 0.463. The minimum atomic E-state index is -0.397. The van der Waals surface area contributed by atoms with Crippen molar-refractivity contribution in [3.8, 4) is 0 Å². The van der Waals surface area contributed by atoms with E-state index in [1.807, 2.05) is 47.8 Å². The SMILES string of the molecule is ClC(c1ccccc1)c1nnc(Cc2cccs2)o1. The van der Waals surface area contributed by atoms with Gasteiger partial charge in [0, 0.05) is 4.88 Å². The van der Waals surface area contributed by atoms with Crippen molar-refractivity contribution in [2.75, 3.05) is 0 Å². The van der Waals surface area contributed by atoms with Gasteiger partial charge in [-0.2, -0.15) is 0 Å². The van der Waals surface area contributed by atoms with Crippen molar-refractivity contribution in [1.29, 1.82) is 0 Å². The van der Waals surface area contributed by atoms with Gasteiger partial charge in [0.1, 0.15) is 5.38 Å². The second-order valence-electron chi connectivity index (χ2n) is 4.06. The summed E-state index contributed by atoms with van der Waals surface area (Å²) in [4.78, 5) is 1.20. The maximum atomic E-state index is 6.33. The summed E-state index contributed by atoms with van der Waals surface area (Å²) in [5, 5.41) is 9.70. The van der Waals surface area contributed by atoms with E-state index in [0.29, 0.717) is 18.2 Å². The van der Waals surface area contributed by atoms with Crippen molar-refractivity contribution in [3.63, 3.8) is 0 Å². The molecule has 0 fully saturated rings. The van der Waals surface area contributed by atoms with E-state index < -0.39 is 5.38 Å². The minimum absolute atomic E-state index is 0.397. The Kier molecular flexibility index (Phi) is 3.62. The molecule has 0 N–H and O–H groups in total. The van der Waals surface area contributed by atoms with E-state index in [1.165, 1.54) is 4.88 Å². The number of halogens is 1. The molecule has 3 nitrogen and oxygen atoms in total. The summed E-state index contributed by atoms with van der Waals surface area (Å²) in [6.07, 6.45) is 0.656. The van der Waals surface area contributed by atoms with Gasteiger partial charge in [0.25, 0.3) is 0 Å². The molecule has 0 saturated carbocycles. The van der Waals surface area contributed by atoms with Crippen molar-refractivity contribution < 1.29 is 4.42 Å². The molecule has 1 aromatic carbocycles. The molecule has 1 unspecified atom stereocenters. The number of alkyl halides is 1. The van der Waals surface area contributed by atoms with E-state index in [0.717, 1.165) is 5.56 Å². The molecule has 2 aromatic heterocycles. The third-order valence-electron chi connectivity index (χ3n) is 2.70. The van der Waals surface area contributed by atoms with Gasteiger partial charge in [-0.3, -0.25) is 0 Å². The summed E-state index contributed by atoms with van der Waals surface area (Å²) in [6.45, 7) is 0. The molecular formula is C14H11ClN2OS. The third kappa shape index (κ3) is 2.85. The molecule has 3 aromatic rings. The van der Waals surface area contributed by atoms with Gasteiger partial charge in [0.05, 0.1) is 6.42 Å². The Morgan fingerprint density at radius 3 is 2.68 bits per heavy atom. The smallest absolute Gasteiger partial charge is 0.238 e. The quantitative estimate of drug-likeness (QED) is 0.681. The lowest BCUT2D eigenvalue weighted by Gasteiger charge is -2.03. The van der Waals surface area contributed by atoms with Crippen LogP contribution in [0.4, 0.5) is 0 Å². The van der Waals surface area contributed by atoms with Crippen molar-refractivity contribution in [2.24, 2.45) is 0 Å². The molecule has 0 aliphatic rings. The molecular weight excluding hydrogens is 280 g/mol. The summed E-state index contributed by atoms with van der Waals surface area (Å²) in [5.41, 5.74) is 0.954. The number of hydrogen-bond donors (Lipinski definition) is 0. The highest BCUT2D eigenvalue weighted by Gasteiger charge is 2.18. The number of benzene rings is 1. The Hall–Kier alpha value is -1.65. The predicted molar refractivity (Wildman–Crippen MR) is 75.6 cm³/mol. The highest BCUT2D eigenvalue weighted by atomic mass is 35.5. The summed E-state index contributed by atoms with van der Waals surface area (Å²) < 4.78 is 5.63. The summed E-state index contributed by atoms with van der Waals surface area (Å²) >= 11 is 8.00. The van der Waals surface area contributed by atoms with Crippen molar-refractivity contribution in [2.45, 2.75) is 11.8 Å². The van der Waals surface area contributed by atoms with Gasteiger partial charge < -0.3 is 4.42 Å². The van der Waals surface area contributed by atoms with E-state index in [1.54, 1.807) is 11.3 Å². The average molecular weight is 291 g/mol. The Bertz CT molecular complexity index is 637. The van der Waals surface area contributed by atoms with E-state index in [4.69, 9.17) is 16.0 Å². The van der Waals surface area contributed by atoms with E-state index in [9.17, 15) is 0 Å². The van der Waals surface area contributed by atoms with Crippen LogP contribution in [0.5, 0.6) is 0 Å². The Labute approximate surface area is 119 Å². The first-order valence-corrected chi connectivity index (χ1v) is 7.18. The Morgan fingerprint density at radius 1 is 1.11 bits per heavy atom. The van der Waals surface area contributed by atoms with Crippen LogP contribution >= 0.6 is 22.9 Å². The van der Waals surface area contributed by atoms with Crippen LogP contribution in [0.15, 0.2) is 52.3 Å². The Morgan fingerprint density at radius 2 is 1.95 bits per heavy atom. The van der Waals surface area contributed by atoms with Gasteiger partial charge in [-0.1, -0.05) is 36.4 Å². The van der Waals surface area contributed by atoms with Gasteiger partial charge in [0.2, 0.25) is 11.8 Å². The van der Waals surface area contributed by atoms with Crippen LogP contribution in [-0.4, -0.2) is 10.2 Å². The van der Waals surface area contributed by atoms with Crippen LogP contribution in [0.25, 0.3) is 0 Å². The zero-order chi connectivity index (χ0) is 13.1. The molecule has 19 heavy (non-hydrogen) atoms. The molecule has 5 heteroatoms. The molecule has 0 radical (unpaired) electrons. The fourth-order valence-corrected chi connectivity index (χ4v) is 2.70. The lowest BCUT2D eigenvalue weighted by atomic mass is 10.1. The zero-order valence-electron chi connectivity index (χ0n) is 9.99. The van der Waals surface area contributed by atoms with E-state index >= 15 is 0 Å². The van der Waals surface area contributed by atoms with Crippen LogP contribution in [0, 0.1) is 0 Å². The van der Waals surface area contributed by atoms with Gasteiger partial charge in [-0.05, 0) is 17.0 Å². The zero-order valence-corrected chi connectivity index (χ0v) is 11.6. The van der Waals surface area contributed by atoms with Crippen LogP contribution in [0.3, 0.4) is 0 Å². The third-order valence-corrected chi connectivity index (χ3v) is 4.01. The first-order chi connectivity index (χ1) is 9.33. The van der Waals surface area contributed by atoms with Crippen LogP contribution in [-0.2, 0) is 6.42 Å². The topological polar surface area (TPSA) is 38.9 Å². The van der Waals surface area contributed by atoms with E-state index in [-0.39, 0.29) is 0 Å². The maximum absolute atomic E-state index is 6.33. The molecule has 2 heterocycles. The molecule has 0 saturated heterocycles. The molecule has 96 valence electrons. The minimum Gasteiger partial charge on any atom is -0.423 e. The largest absolute Gasteiger partial charge is 0.423 e. The normalized spacial score (nSPS) is 12.5. The lowest BCUT2D eigenvalue weighted by Crippen LogP contribution is -1.92. The summed E-state index contributed by atoms with van der Waals surface area (Å²) in [6, 6.07) is 13.8. The standard InChI is InChI=1S/C14H11ClN2OS/c15-13(10-5-2-1-3-6-10)14-17-16-12(18-14)9-11-7-4-8-19-11/h1-8,13H,9H2. The number of hydrogen-bond acceptors (Lipinski definition) is 4. The highest BCUT2D eigenvalue weighted by molar-refractivity contribution is 7.09. The molecule has 3 rings (SSSR count). The van der Waals surface area contributed by atoms with Crippen molar-refractivity contribution in [1.82, 2.24) is 10.2 Å². The fourth-order valence-electron chi connectivity index (χ4n) is 1.77. The first kappa shape index (κ1) is 12.4. The summed E-state index contributed by atoms with van der Waals surface area (Å²) in [7, 11) is 0. The molecule has 0 spiro atoms. The van der Waals surface area contributed by atoms with Gasteiger partial charge >= 0.3 is 0 Å². The molecule has 0 aliphatic heterocycles. The summed E-state index contributed by atoms with van der Waals surface area (Å²) in [5.74, 6) is 1.04. The predicted octanol–water partition coefficient (Wildman–Crippen LogP) is 4.05. The second kappa shape index (κ2) is 5.55. The first-order valence-electron chi connectivity index (χ1n) is 5.86. The van der Waals surface area contributed by atoms with Crippen molar-refractivity contribution in [3.05, 3.63) is 70.1 Å². The van der Waals surface area contributed by atoms with Crippen LogP contribution in [0.1, 0.15) is 27.6 Å². The number of aromatic nitrogens is 2. The number of rotatable bonds is 4. The van der Waals surface area contributed by atoms with Gasteiger partial charge in [-0.15, -0.1) is 33.1 Å². The molecule has 0 aliphatic carbocycles. The van der Waals surface area contributed by atoms with Gasteiger partial charge in [0.15, 0.2) is 0 Å². The highest BCUT2D eigenvalue weighted by Crippen LogP contribution is 2.27. The van der Waals surface area contributed by atoms with Crippen LogP contribution in [0.2, 0.25) is 0 Å². The molecule has 1 atom stereocenters. The molecule has 0 amide bonds.